The van der Waals surface area contributed by atoms with Crippen molar-refractivity contribution in [2.75, 3.05) is 46.8 Å². The van der Waals surface area contributed by atoms with Crippen LogP contribution in [0.5, 0.6) is 0 Å². The minimum atomic E-state index is 0. The summed E-state index contributed by atoms with van der Waals surface area (Å²) in [5.41, 5.74) is 8.21. The Hall–Kier alpha value is -0.190. The lowest BCUT2D eigenvalue weighted by atomic mass is 10.2. The number of hydrogen-bond acceptors (Lipinski definition) is 3. The van der Waals surface area contributed by atoms with Crippen molar-refractivity contribution in [2.45, 2.75) is 13.8 Å². The van der Waals surface area contributed by atoms with Gasteiger partial charge >= 0.3 is 0 Å². The lowest BCUT2D eigenvalue weighted by Gasteiger charge is -2.25. The van der Waals surface area contributed by atoms with Gasteiger partial charge in [0.05, 0.1) is 0 Å². The number of likely N-dealkylation sites (N-methyl/N-ethyl adjacent to an activating group) is 1. The second-order valence-electron chi connectivity index (χ2n) is 4.45. The van der Waals surface area contributed by atoms with E-state index in [1.54, 1.807) is 0 Å². The van der Waals surface area contributed by atoms with E-state index in [9.17, 15) is 0 Å². The highest BCUT2D eigenvalue weighted by atomic mass is 35.5. The molecule has 0 aromatic rings. The summed E-state index contributed by atoms with van der Waals surface area (Å²) >= 11 is 0. The molecule has 5 nitrogen and oxygen atoms in total. The summed E-state index contributed by atoms with van der Waals surface area (Å²) < 4.78 is 0. The topological polar surface area (TPSA) is 55.2 Å². The molecule has 0 bridgehead atoms. The molecule has 0 radical (unpaired) electrons. The Balaban J connectivity index is -0.000000980. The molecule has 0 aliphatic heterocycles. The summed E-state index contributed by atoms with van der Waals surface area (Å²) in [6.45, 7) is 8.98. The van der Waals surface area contributed by atoms with E-state index >= 15 is 0 Å². The summed E-state index contributed by atoms with van der Waals surface area (Å²) in [6, 6.07) is 0. The highest BCUT2D eigenvalue weighted by molar-refractivity contribution is 5.85. The molecular weight excluding hydrogens is 261 g/mol. The molecule has 104 valence electrons. The normalized spacial score (nSPS) is 9.82. The number of nitrogens with zero attached hydrogens (tertiary/aromatic N) is 5. The molecule has 0 spiro atoms. The fourth-order valence-corrected chi connectivity index (χ4v) is 1.38. The summed E-state index contributed by atoms with van der Waals surface area (Å²) in [7, 11) is 4.14. The molecule has 0 unspecified atom stereocenters. The van der Waals surface area contributed by atoms with Crippen LogP contribution in [0.2, 0.25) is 0 Å². The zero-order chi connectivity index (χ0) is 11.7. The molecule has 0 aromatic heterocycles. The van der Waals surface area contributed by atoms with Gasteiger partial charge in [0.1, 0.15) is 0 Å². The van der Waals surface area contributed by atoms with Gasteiger partial charge in [-0.1, -0.05) is 19.0 Å². The van der Waals surface area contributed by atoms with Gasteiger partial charge in [0.25, 0.3) is 0 Å². The first-order valence-corrected chi connectivity index (χ1v) is 5.44. The van der Waals surface area contributed by atoms with Crippen LogP contribution in [0.1, 0.15) is 13.8 Å². The Morgan fingerprint density at radius 2 is 1.71 bits per heavy atom. The molecule has 0 N–H and O–H groups in total. The van der Waals surface area contributed by atoms with E-state index < -0.39 is 0 Å². The molecule has 0 atom stereocenters. The first kappa shape index (κ1) is 22.0. The molecular formula is C10H25Cl2N5. The van der Waals surface area contributed by atoms with Crippen LogP contribution in [0.4, 0.5) is 0 Å². The molecule has 0 amide bonds. The molecule has 17 heavy (non-hydrogen) atoms. The SMILES string of the molecule is CC(C)CN(CCN=[N+]=[N-])CCN(C)C.Cl.Cl. The van der Waals surface area contributed by atoms with Gasteiger partial charge in [-0.2, -0.15) is 0 Å². The minimum Gasteiger partial charge on any atom is -0.308 e. The third-order valence-electron chi connectivity index (χ3n) is 2.07. The predicted octanol–water partition coefficient (Wildman–Crippen LogP) is 2.66. The Labute approximate surface area is 117 Å². The van der Waals surface area contributed by atoms with Crippen LogP contribution in [0.3, 0.4) is 0 Å². The van der Waals surface area contributed by atoms with Crippen molar-refractivity contribution in [3.8, 4) is 0 Å². The largest absolute Gasteiger partial charge is 0.308 e. The Morgan fingerprint density at radius 1 is 1.12 bits per heavy atom. The molecule has 0 saturated carbocycles. The van der Waals surface area contributed by atoms with Crippen LogP contribution in [0.25, 0.3) is 10.4 Å². The van der Waals surface area contributed by atoms with E-state index in [2.05, 4.69) is 47.8 Å². The second kappa shape index (κ2) is 13.9. The van der Waals surface area contributed by atoms with Crippen molar-refractivity contribution in [1.29, 1.82) is 0 Å². The monoisotopic (exact) mass is 285 g/mol. The van der Waals surface area contributed by atoms with Crippen molar-refractivity contribution in [2.24, 2.45) is 11.0 Å². The average molecular weight is 286 g/mol. The van der Waals surface area contributed by atoms with Crippen LogP contribution in [-0.4, -0.2) is 56.6 Å². The third-order valence-corrected chi connectivity index (χ3v) is 2.07. The average Bonchev–Trinajstić information content (AvgIpc) is 2.13. The van der Waals surface area contributed by atoms with Gasteiger partial charge < -0.3 is 9.80 Å². The smallest absolute Gasteiger partial charge is 0.0385 e. The highest BCUT2D eigenvalue weighted by Crippen LogP contribution is 1.98. The van der Waals surface area contributed by atoms with Gasteiger partial charge in [-0.3, -0.25) is 0 Å². The number of azide groups is 1. The number of rotatable bonds is 8. The van der Waals surface area contributed by atoms with E-state index in [1.807, 2.05) is 0 Å². The van der Waals surface area contributed by atoms with Crippen LogP contribution in [0, 0.1) is 5.92 Å². The van der Waals surface area contributed by atoms with Gasteiger partial charge in [-0.05, 0) is 25.5 Å². The molecule has 0 saturated heterocycles. The van der Waals surface area contributed by atoms with Crippen molar-refractivity contribution >= 4 is 24.8 Å². The van der Waals surface area contributed by atoms with Crippen molar-refractivity contribution in [3.63, 3.8) is 0 Å². The van der Waals surface area contributed by atoms with Crippen LogP contribution in [0.15, 0.2) is 5.11 Å². The molecule has 0 rings (SSSR count). The highest BCUT2D eigenvalue weighted by Gasteiger charge is 2.06. The zero-order valence-corrected chi connectivity index (χ0v) is 12.8. The Kier molecular flexibility index (Phi) is 18.0. The van der Waals surface area contributed by atoms with Crippen molar-refractivity contribution in [1.82, 2.24) is 9.80 Å². The summed E-state index contributed by atoms with van der Waals surface area (Å²) in [5.74, 6) is 0.651. The van der Waals surface area contributed by atoms with E-state index in [0.717, 1.165) is 26.2 Å². The lowest BCUT2D eigenvalue weighted by Crippen LogP contribution is -2.35. The summed E-state index contributed by atoms with van der Waals surface area (Å²) in [5, 5.41) is 3.57. The predicted molar refractivity (Wildman–Crippen MR) is 78.3 cm³/mol. The van der Waals surface area contributed by atoms with Crippen LogP contribution < -0.4 is 0 Å². The Bertz CT molecular complexity index is 205. The summed E-state index contributed by atoms with van der Waals surface area (Å²) in [6.07, 6.45) is 0. The maximum atomic E-state index is 8.21. The fourth-order valence-electron chi connectivity index (χ4n) is 1.38. The molecule has 0 aromatic carbocycles. The number of hydrogen-bond donors (Lipinski definition) is 0. The molecule has 0 heterocycles. The maximum absolute atomic E-state index is 8.21. The van der Waals surface area contributed by atoms with Gasteiger partial charge in [-0.15, -0.1) is 24.8 Å². The lowest BCUT2D eigenvalue weighted by molar-refractivity contribution is 0.224. The van der Waals surface area contributed by atoms with Gasteiger partial charge in [-0.25, -0.2) is 0 Å². The zero-order valence-electron chi connectivity index (χ0n) is 11.2. The van der Waals surface area contributed by atoms with Crippen LogP contribution in [-0.2, 0) is 0 Å². The minimum absolute atomic E-state index is 0. The fraction of sp³-hybridized carbons (Fsp3) is 1.00. The van der Waals surface area contributed by atoms with Crippen molar-refractivity contribution < 1.29 is 0 Å². The van der Waals surface area contributed by atoms with Crippen LogP contribution >= 0.6 is 24.8 Å². The van der Waals surface area contributed by atoms with Gasteiger partial charge in [0.2, 0.25) is 0 Å². The second-order valence-corrected chi connectivity index (χ2v) is 4.45. The van der Waals surface area contributed by atoms with E-state index in [0.29, 0.717) is 12.5 Å². The first-order valence-electron chi connectivity index (χ1n) is 5.44. The quantitative estimate of drug-likeness (QED) is 0.391. The van der Waals surface area contributed by atoms with E-state index in [1.165, 1.54) is 0 Å². The molecule has 7 heteroatoms. The first-order chi connectivity index (χ1) is 7.06. The Morgan fingerprint density at radius 3 is 2.12 bits per heavy atom. The van der Waals surface area contributed by atoms with E-state index in [4.69, 9.17) is 5.53 Å². The molecule has 0 fully saturated rings. The maximum Gasteiger partial charge on any atom is 0.0385 e. The number of halogens is 2. The van der Waals surface area contributed by atoms with E-state index in [-0.39, 0.29) is 24.8 Å². The third kappa shape index (κ3) is 15.8. The van der Waals surface area contributed by atoms with Crippen molar-refractivity contribution in [3.05, 3.63) is 10.4 Å². The summed E-state index contributed by atoms with van der Waals surface area (Å²) in [4.78, 5) is 7.28. The molecule has 0 aliphatic rings. The van der Waals surface area contributed by atoms with Gasteiger partial charge in [0, 0.05) is 37.6 Å². The van der Waals surface area contributed by atoms with Gasteiger partial charge in [0.15, 0.2) is 0 Å². The molecule has 0 aliphatic carbocycles. The standard InChI is InChI=1S/C10H23N5.2ClH/c1-10(2)9-15(6-5-12-13-11)8-7-14(3)4;;/h10H,5-9H2,1-4H3;2*1H.